The van der Waals surface area contributed by atoms with Crippen LogP contribution >= 0.6 is 0 Å². The number of aromatic hydroxyl groups is 1. The fraction of sp³-hybridized carbons (Fsp3) is 0.200. The lowest BCUT2D eigenvalue weighted by Gasteiger charge is -2.19. The Morgan fingerprint density at radius 3 is 1.92 bits per heavy atom. The zero-order chi connectivity index (χ0) is 18.3. The number of ether oxygens (including phenoxy) is 2. The van der Waals surface area contributed by atoms with E-state index in [-0.39, 0.29) is 5.75 Å². The maximum absolute atomic E-state index is 11.7. The molecule has 0 aromatic heterocycles. The van der Waals surface area contributed by atoms with Crippen LogP contribution in [0.4, 0.5) is 0 Å². The molecule has 0 aliphatic rings. The lowest BCUT2D eigenvalue weighted by molar-refractivity contribution is -0.184. The number of esters is 2. The molecule has 128 valence electrons. The highest BCUT2D eigenvalue weighted by Gasteiger charge is 2.39. The number of aliphatic carboxylic acids is 2. The van der Waals surface area contributed by atoms with E-state index in [1.165, 1.54) is 30.3 Å². The van der Waals surface area contributed by atoms with Crippen molar-refractivity contribution in [3.8, 4) is 5.75 Å². The number of carbonyl (C=O) groups excluding carboxylic acids is 2. The van der Waals surface area contributed by atoms with Gasteiger partial charge >= 0.3 is 23.9 Å². The summed E-state index contributed by atoms with van der Waals surface area (Å²) < 4.78 is 8.91. The molecule has 0 heterocycles. The third-order valence-electron chi connectivity index (χ3n) is 2.60. The minimum absolute atomic E-state index is 0.0198. The number of hydrogen-bond acceptors (Lipinski definition) is 7. The Morgan fingerprint density at radius 2 is 1.46 bits per heavy atom. The summed E-state index contributed by atoms with van der Waals surface area (Å²) in [6.45, 7) is 0.890. The molecule has 9 nitrogen and oxygen atoms in total. The van der Waals surface area contributed by atoms with Crippen molar-refractivity contribution in [3.05, 3.63) is 35.9 Å². The molecule has 0 spiro atoms. The fourth-order valence-corrected chi connectivity index (χ4v) is 1.58. The van der Waals surface area contributed by atoms with Gasteiger partial charge in [-0.25, -0.2) is 14.4 Å². The molecule has 0 aliphatic carbocycles. The highest BCUT2D eigenvalue weighted by Crippen LogP contribution is 2.12. The van der Waals surface area contributed by atoms with Crippen molar-refractivity contribution in [2.24, 2.45) is 0 Å². The minimum Gasteiger partial charge on any atom is -0.508 e. The van der Waals surface area contributed by atoms with Crippen LogP contribution in [0, 0.1) is 0 Å². The number of carboxylic acids is 2. The molecule has 3 N–H and O–H groups in total. The molecular weight excluding hydrogens is 324 g/mol. The van der Waals surface area contributed by atoms with Crippen molar-refractivity contribution in [3.63, 3.8) is 0 Å². The van der Waals surface area contributed by atoms with Gasteiger partial charge in [0.05, 0.1) is 0 Å². The SMILES string of the molecule is CC(=O)OC(C(=O)O)C(OC(=O)C=Cc1ccc(O)cc1)C(=O)O. The summed E-state index contributed by atoms with van der Waals surface area (Å²) >= 11 is 0. The Bertz CT molecular complexity index is 660. The second kappa shape index (κ2) is 8.32. The Balaban J connectivity index is 2.85. The highest BCUT2D eigenvalue weighted by atomic mass is 16.6. The van der Waals surface area contributed by atoms with Gasteiger partial charge in [0.2, 0.25) is 12.2 Å². The number of rotatable bonds is 7. The van der Waals surface area contributed by atoms with Crippen LogP contribution in [0.15, 0.2) is 30.3 Å². The Labute approximate surface area is 135 Å². The highest BCUT2D eigenvalue weighted by molar-refractivity contribution is 5.91. The number of phenols is 1. The Morgan fingerprint density at radius 1 is 0.958 bits per heavy atom. The second-order valence-corrected chi connectivity index (χ2v) is 4.49. The van der Waals surface area contributed by atoms with Crippen LogP contribution in [0.5, 0.6) is 5.75 Å². The normalized spacial score (nSPS) is 13.0. The average Bonchev–Trinajstić information content (AvgIpc) is 2.49. The van der Waals surface area contributed by atoms with E-state index in [0.717, 1.165) is 13.0 Å². The maximum Gasteiger partial charge on any atom is 0.349 e. The zero-order valence-corrected chi connectivity index (χ0v) is 12.4. The molecule has 2 unspecified atom stereocenters. The summed E-state index contributed by atoms with van der Waals surface area (Å²) in [6.07, 6.45) is -2.24. The van der Waals surface area contributed by atoms with E-state index in [1.54, 1.807) is 0 Å². The smallest absolute Gasteiger partial charge is 0.349 e. The van der Waals surface area contributed by atoms with Crippen LogP contribution in [-0.2, 0) is 28.7 Å². The van der Waals surface area contributed by atoms with E-state index in [4.69, 9.17) is 15.3 Å². The summed E-state index contributed by atoms with van der Waals surface area (Å²) in [4.78, 5) is 44.6. The first-order valence-corrected chi connectivity index (χ1v) is 6.51. The third kappa shape index (κ3) is 5.79. The van der Waals surface area contributed by atoms with Crippen LogP contribution in [0.1, 0.15) is 12.5 Å². The predicted molar refractivity (Wildman–Crippen MR) is 77.8 cm³/mol. The first-order chi connectivity index (χ1) is 11.2. The molecule has 1 rings (SSSR count). The van der Waals surface area contributed by atoms with Gasteiger partial charge < -0.3 is 24.8 Å². The molecule has 1 aromatic carbocycles. The monoisotopic (exact) mass is 338 g/mol. The lowest BCUT2D eigenvalue weighted by Crippen LogP contribution is -2.45. The summed E-state index contributed by atoms with van der Waals surface area (Å²) in [7, 11) is 0. The van der Waals surface area contributed by atoms with Gasteiger partial charge in [0.15, 0.2) is 0 Å². The molecule has 9 heteroatoms. The molecule has 0 aliphatic heterocycles. The van der Waals surface area contributed by atoms with Crippen LogP contribution in [0.2, 0.25) is 0 Å². The summed E-state index contributed by atoms with van der Waals surface area (Å²) in [5, 5.41) is 27.0. The molecule has 0 fully saturated rings. The molecule has 2 atom stereocenters. The first-order valence-electron chi connectivity index (χ1n) is 6.51. The summed E-state index contributed by atoms with van der Waals surface area (Å²) in [6, 6.07) is 5.69. The molecule has 24 heavy (non-hydrogen) atoms. The van der Waals surface area contributed by atoms with Gasteiger partial charge in [-0.05, 0) is 23.8 Å². The molecular formula is C15H14O9. The van der Waals surface area contributed by atoms with Gasteiger partial charge in [-0.15, -0.1) is 0 Å². The summed E-state index contributed by atoms with van der Waals surface area (Å²) in [5.74, 6) is -5.72. The van der Waals surface area contributed by atoms with Gasteiger partial charge in [-0.3, -0.25) is 4.79 Å². The number of carbonyl (C=O) groups is 4. The van der Waals surface area contributed by atoms with Crippen molar-refractivity contribution in [2.75, 3.05) is 0 Å². The molecule has 0 radical (unpaired) electrons. The van der Waals surface area contributed by atoms with Crippen LogP contribution in [0.3, 0.4) is 0 Å². The largest absolute Gasteiger partial charge is 0.508 e. The molecule has 0 amide bonds. The van der Waals surface area contributed by atoms with Crippen LogP contribution in [-0.4, -0.2) is 51.4 Å². The Kier molecular flexibility index (Phi) is 6.48. The lowest BCUT2D eigenvalue weighted by atomic mass is 10.2. The van der Waals surface area contributed by atoms with E-state index in [9.17, 15) is 19.2 Å². The van der Waals surface area contributed by atoms with Crippen molar-refractivity contribution < 1.29 is 44.0 Å². The van der Waals surface area contributed by atoms with E-state index in [0.29, 0.717) is 5.56 Å². The third-order valence-corrected chi connectivity index (χ3v) is 2.60. The minimum atomic E-state index is -2.21. The standard InChI is InChI=1S/C15H14O9/c1-8(16)23-12(14(19)20)13(15(21)22)24-11(18)7-4-9-2-5-10(17)6-3-9/h2-7,12-13,17H,1H3,(H,19,20)(H,21,22). The average molecular weight is 338 g/mol. The van der Waals surface area contributed by atoms with Crippen molar-refractivity contribution in [1.82, 2.24) is 0 Å². The molecule has 0 bridgehead atoms. The van der Waals surface area contributed by atoms with Crippen LogP contribution in [0.25, 0.3) is 6.08 Å². The van der Waals surface area contributed by atoms with E-state index >= 15 is 0 Å². The van der Waals surface area contributed by atoms with Crippen molar-refractivity contribution in [2.45, 2.75) is 19.1 Å². The number of carboxylic acid groups (broad SMARTS) is 2. The van der Waals surface area contributed by atoms with Gasteiger partial charge in [0.25, 0.3) is 0 Å². The molecule has 0 saturated carbocycles. The van der Waals surface area contributed by atoms with E-state index in [2.05, 4.69) is 9.47 Å². The number of benzene rings is 1. The molecule has 1 aromatic rings. The second-order valence-electron chi connectivity index (χ2n) is 4.49. The number of phenolic OH excluding ortho intramolecular Hbond substituents is 1. The van der Waals surface area contributed by atoms with Crippen LogP contribution < -0.4 is 0 Å². The van der Waals surface area contributed by atoms with Gasteiger partial charge in [0.1, 0.15) is 5.75 Å². The van der Waals surface area contributed by atoms with E-state index in [1.807, 2.05) is 0 Å². The van der Waals surface area contributed by atoms with Gasteiger partial charge in [0, 0.05) is 13.0 Å². The maximum atomic E-state index is 11.7. The number of hydrogen-bond donors (Lipinski definition) is 3. The topological polar surface area (TPSA) is 147 Å². The van der Waals surface area contributed by atoms with Gasteiger partial charge in [-0.2, -0.15) is 0 Å². The van der Waals surface area contributed by atoms with Crippen molar-refractivity contribution in [1.29, 1.82) is 0 Å². The quantitative estimate of drug-likeness (QED) is 0.475. The first kappa shape index (κ1) is 18.7. The predicted octanol–water partition coefficient (Wildman–Crippen LogP) is 0.418. The fourth-order valence-electron chi connectivity index (χ4n) is 1.58. The molecule has 0 saturated heterocycles. The van der Waals surface area contributed by atoms with Gasteiger partial charge in [-0.1, -0.05) is 12.1 Å². The summed E-state index contributed by atoms with van der Waals surface area (Å²) in [5.41, 5.74) is 0.506. The van der Waals surface area contributed by atoms with Crippen molar-refractivity contribution >= 4 is 30.0 Å². The zero-order valence-electron chi connectivity index (χ0n) is 12.4. The Hall–Kier alpha value is -3.36. The van der Waals surface area contributed by atoms with E-state index < -0.39 is 36.1 Å².